The minimum Gasteiger partial charge on any atom is -0.357 e. The third-order valence-corrected chi connectivity index (χ3v) is 3.59. The highest BCUT2D eigenvalue weighted by molar-refractivity contribution is 7.78. The van der Waals surface area contributed by atoms with Crippen molar-refractivity contribution in [3.63, 3.8) is 0 Å². The van der Waals surface area contributed by atoms with E-state index in [1.54, 1.807) is 11.9 Å². The van der Waals surface area contributed by atoms with Crippen LogP contribution in [0, 0.1) is 5.41 Å². The van der Waals surface area contributed by atoms with E-state index in [0.29, 0.717) is 6.54 Å². The maximum absolute atomic E-state index is 12.5. The van der Waals surface area contributed by atoms with Gasteiger partial charge in [0.25, 0.3) is 0 Å². The number of nitrogens with one attached hydrogen (secondary N) is 2. The molecular weight excluding hydrogens is 250 g/mol. The van der Waals surface area contributed by atoms with E-state index in [9.17, 15) is 9.59 Å². The first-order chi connectivity index (χ1) is 8.32. The highest BCUT2D eigenvalue weighted by Gasteiger charge is 2.40. The van der Waals surface area contributed by atoms with E-state index in [1.807, 2.05) is 20.8 Å². The Labute approximate surface area is 114 Å². The van der Waals surface area contributed by atoms with Gasteiger partial charge in [0.15, 0.2) is 0 Å². The molecule has 0 aromatic carbocycles. The molecule has 0 radical (unpaired) electrons. The largest absolute Gasteiger partial charge is 0.357 e. The second kappa shape index (κ2) is 5.93. The lowest BCUT2D eigenvalue weighted by Crippen LogP contribution is -2.54. The normalized spacial score (nSPS) is 21.8. The Morgan fingerprint density at radius 3 is 2.44 bits per heavy atom. The lowest BCUT2D eigenvalue weighted by molar-refractivity contribution is -0.141. The fourth-order valence-corrected chi connectivity index (χ4v) is 2.75. The van der Waals surface area contributed by atoms with Crippen molar-refractivity contribution in [2.24, 2.45) is 5.41 Å². The number of likely N-dealkylation sites (N-methyl/N-ethyl adjacent to an activating group) is 1. The molecule has 1 aliphatic heterocycles. The van der Waals surface area contributed by atoms with Crippen LogP contribution in [0.2, 0.25) is 0 Å². The third kappa shape index (κ3) is 3.17. The summed E-state index contributed by atoms with van der Waals surface area (Å²) < 4.78 is 2.77. The van der Waals surface area contributed by atoms with Gasteiger partial charge >= 0.3 is 0 Å². The Bertz CT molecular complexity index is 328. The smallest absolute Gasteiger partial charge is 0.242 e. The van der Waals surface area contributed by atoms with Gasteiger partial charge in [0.05, 0.1) is 0 Å². The van der Waals surface area contributed by atoms with Gasteiger partial charge in [-0.2, -0.15) is 0 Å². The average Bonchev–Trinajstić information content (AvgIpc) is 2.75. The molecule has 2 amide bonds. The Morgan fingerprint density at radius 2 is 2.00 bits per heavy atom. The lowest BCUT2D eigenvalue weighted by Gasteiger charge is -2.34. The maximum atomic E-state index is 12.5. The van der Waals surface area contributed by atoms with Crippen molar-refractivity contribution in [1.29, 1.82) is 0 Å². The molecule has 1 saturated heterocycles. The zero-order chi connectivity index (χ0) is 13.9. The van der Waals surface area contributed by atoms with Crippen molar-refractivity contribution in [2.75, 3.05) is 13.6 Å². The van der Waals surface area contributed by atoms with E-state index in [0.717, 1.165) is 12.8 Å². The van der Waals surface area contributed by atoms with Crippen LogP contribution in [0.1, 0.15) is 33.6 Å². The molecular formula is C12H23N3O2S. The molecule has 2 N–H and O–H groups in total. The first-order valence-electron chi connectivity index (χ1n) is 6.24. The SMILES string of the molecule is CNC(=O)C1CCCN1C(=O)C(NS)C(C)(C)C. The number of carbonyl (C=O) groups excluding carboxylic acids is 2. The first kappa shape index (κ1) is 15.3. The minimum absolute atomic E-state index is 0.0522. The predicted molar refractivity (Wildman–Crippen MR) is 74.2 cm³/mol. The number of hydrogen-bond donors (Lipinski definition) is 3. The quantitative estimate of drug-likeness (QED) is 0.659. The van der Waals surface area contributed by atoms with Crippen molar-refractivity contribution in [3.05, 3.63) is 0 Å². The fraction of sp³-hybridized carbons (Fsp3) is 0.833. The van der Waals surface area contributed by atoms with Crippen LogP contribution in [0.4, 0.5) is 0 Å². The van der Waals surface area contributed by atoms with Gasteiger partial charge < -0.3 is 10.2 Å². The molecule has 6 heteroatoms. The molecule has 5 nitrogen and oxygen atoms in total. The van der Waals surface area contributed by atoms with Crippen LogP contribution in [-0.2, 0) is 9.59 Å². The molecule has 1 rings (SSSR count). The van der Waals surface area contributed by atoms with Crippen LogP contribution < -0.4 is 10.0 Å². The van der Waals surface area contributed by atoms with Gasteiger partial charge in [-0.1, -0.05) is 33.6 Å². The molecule has 0 aromatic rings. The van der Waals surface area contributed by atoms with Crippen LogP contribution in [-0.4, -0.2) is 42.4 Å². The van der Waals surface area contributed by atoms with Crippen LogP contribution in [0.15, 0.2) is 0 Å². The topological polar surface area (TPSA) is 61.4 Å². The molecule has 0 aromatic heterocycles. The summed E-state index contributed by atoms with van der Waals surface area (Å²) in [6.45, 7) is 6.57. The summed E-state index contributed by atoms with van der Waals surface area (Å²) in [6, 6.07) is -0.736. The molecule has 2 unspecified atom stereocenters. The summed E-state index contributed by atoms with van der Waals surface area (Å²) in [5.41, 5.74) is -0.241. The zero-order valence-corrected chi connectivity index (χ0v) is 12.4. The number of likely N-dealkylation sites (tertiary alicyclic amines) is 1. The van der Waals surface area contributed by atoms with Crippen molar-refractivity contribution in [1.82, 2.24) is 14.9 Å². The van der Waals surface area contributed by atoms with Crippen molar-refractivity contribution < 1.29 is 9.59 Å². The minimum atomic E-state index is -0.397. The third-order valence-electron chi connectivity index (χ3n) is 3.33. The monoisotopic (exact) mass is 273 g/mol. The van der Waals surface area contributed by atoms with Crippen LogP contribution >= 0.6 is 12.8 Å². The molecule has 0 aliphatic carbocycles. The summed E-state index contributed by atoms with van der Waals surface area (Å²) in [5.74, 6) is -0.142. The van der Waals surface area contributed by atoms with Crippen LogP contribution in [0.25, 0.3) is 0 Å². The van der Waals surface area contributed by atoms with E-state index >= 15 is 0 Å². The van der Waals surface area contributed by atoms with Gasteiger partial charge in [-0.15, -0.1) is 0 Å². The Morgan fingerprint density at radius 1 is 1.39 bits per heavy atom. The predicted octanol–water partition coefficient (Wildman–Crippen LogP) is 0.572. The maximum Gasteiger partial charge on any atom is 0.242 e. The van der Waals surface area contributed by atoms with Gasteiger partial charge in [-0.05, 0) is 18.3 Å². The molecule has 0 bridgehead atoms. The molecule has 1 fully saturated rings. The van der Waals surface area contributed by atoms with Crippen molar-refractivity contribution in [3.8, 4) is 0 Å². The number of rotatable bonds is 3. The van der Waals surface area contributed by atoms with E-state index in [1.165, 1.54) is 0 Å². The standard InChI is InChI=1S/C12H23N3O2S/c1-12(2,3)9(14-18)11(17)15-7-5-6-8(15)10(16)13-4/h8-9,14,18H,5-7H2,1-4H3,(H,13,16). The molecule has 0 saturated carbocycles. The van der Waals surface area contributed by atoms with Crippen LogP contribution in [0.5, 0.6) is 0 Å². The average molecular weight is 273 g/mol. The first-order valence-corrected chi connectivity index (χ1v) is 6.69. The lowest BCUT2D eigenvalue weighted by atomic mass is 9.86. The molecule has 1 aliphatic rings. The second-order valence-corrected chi connectivity index (χ2v) is 5.99. The van der Waals surface area contributed by atoms with Gasteiger partial charge in [0.2, 0.25) is 11.8 Å². The zero-order valence-electron chi connectivity index (χ0n) is 11.5. The Hall–Kier alpha value is -0.750. The molecule has 104 valence electrons. The number of thiol groups is 1. The van der Waals surface area contributed by atoms with Crippen molar-refractivity contribution >= 4 is 24.6 Å². The van der Waals surface area contributed by atoms with Crippen molar-refractivity contribution in [2.45, 2.75) is 45.7 Å². The van der Waals surface area contributed by atoms with Crippen LogP contribution in [0.3, 0.4) is 0 Å². The summed E-state index contributed by atoms with van der Waals surface area (Å²) in [7, 11) is 1.60. The number of nitrogens with zero attached hydrogens (tertiary/aromatic N) is 1. The summed E-state index contributed by atoms with van der Waals surface area (Å²) in [6.07, 6.45) is 1.60. The van der Waals surface area contributed by atoms with E-state index in [-0.39, 0.29) is 23.3 Å². The van der Waals surface area contributed by atoms with Gasteiger partial charge in [-0.25, -0.2) is 0 Å². The molecule has 2 atom stereocenters. The van der Waals surface area contributed by atoms with Gasteiger partial charge in [-0.3, -0.25) is 14.3 Å². The summed E-state index contributed by atoms with van der Waals surface area (Å²) in [4.78, 5) is 25.9. The molecule has 1 heterocycles. The Kier molecular flexibility index (Phi) is 5.04. The van der Waals surface area contributed by atoms with E-state index in [2.05, 4.69) is 22.9 Å². The highest BCUT2D eigenvalue weighted by Crippen LogP contribution is 2.25. The molecule has 18 heavy (non-hydrogen) atoms. The molecule has 0 spiro atoms. The highest BCUT2D eigenvalue weighted by atomic mass is 32.1. The number of carbonyl (C=O) groups is 2. The fourth-order valence-electron chi connectivity index (χ4n) is 2.25. The summed E-state index contributed by atoms with van der Waals surface area (Å²) in [5, 5.41) is 2.62. The van der Waals surface area contributed by atoms with E-state index < -0.39 is 6.04 Å². The second-order valence-electron chi connectivity index (χ2n) is 5.73. The summed E-state index contributed by atoms with van der Waals surface area (Å²) >= 11 is 4.05. The number of amides is 2. The van der Waals surface area contributed by atoms with Gasteiger partial charge in [0, 0.05) is 13.6 Å². The van der Waals surface area contributed by atoms with E-state index in [4.69, 9.17) is 0 Å². The van der Waals surface area contributed by atoms with Gasteiger partial charge in [0.1, 0.15) is 12.1 Å². The number of hydrogen-bond acceptors (Lipinski definition) is 4. The Balaban J connectivity index is 2.85.